The van der Waals surface area contributed by atoms with Crippen LogP contribution in [-0.4, -0.2) is 9.19 Å². The Bertz CT molecular complexity index is 606. The zero-order valence-corrected chi connectivity index (χ0v) is 10.8. The zero-order valence-electron chi connectivity index (χ0n) is 9.27. The van der Waals surface area contributed by atoms with Crippen LogP contribution in [0.1, 0.15) is 5.56 Å². The molecule has 0 aliphatic heterocycles. The fourth-order valence-corrected chi connectivity index (χ4v) is 2.76. The first-order valence-electron chi connectivity index (χ1n) is 5.10. The molecule has 2 rings (SSSR count). The summed E-state index contributed by atoms with van der Waals surface area (Å²) in [5.74, 6) is -0.463. The summed E-state index contributed by atoms with van der Waals surface area (Å²) in [6.45, 7) is 0. The van der Waals surface area contributed by atoms with Crippen molar-refractivity contribution in [1.29, 1.82) is 0 Å². The molecule has 0 aliphatic carbocycles. The number of rotatable bonds is 3. The molecule has 2 N–H and O–H groups in total. The van der Waals surface area contributed by atoms with Crippen LogP contribution in [0.2, 0.25) is 5.02 Å². The van der Waals surface area contributed by atoms with E-state index < -0.39 is 16.6 Å². The van der Waals surface area contributed by atoms with Crippen molar-refractivity contribution >= 4 is 28.1 Å². The topological polar surface area (TPSA) is 56.0 Å². The molecular weight excluding hydrogens is 275 g/mol. The van der Waals surface area contributed by atoms with Crippen molar-refractivity contribution in [2.24, 2.45) is 0 Å². The molecule has 1 aromatic carbocycles. The number of hydrogen-bond acceptors (Lipinski definition) is 3. The lowest BCUT2D eigenvalue weighted by Crippen LogP contribution is -2.04. The van der Waals surface area contributed by atoms with Gasteiger partial charge in [0, 0.05) is 16.8 Å². The van der Waals surface area contributed by atoms with E-state index in [4.69, 9.17) is 17.3 Å². The van der Waals surface area contributed by atoms with Gasteiger partial charge in [-0.25, -0.2) is 9.37 Å². The first-order chi connectivity index (χ1) is 8.58. The predicted molar refractivity (Wildman–Crippen MR) is 70.2 cm³/mol. The van der Waals surface area contributed by atoms with E-state index in [9.17, 15) is 8.60 Å². The molecule has 1 atom stereocenters. The molecule has 1 heterocycles. The van der Waals surface area contributed by atoms with Crippen molar-refractivity contribution < 1.29 is 8.60 Å². The van der Waals surface area contributed by atoms with Gasteiger partial charge in [-0.3, -0.25) is 4.21 Å². The van der Waals surface area contributed by atoms with E-state index in [0.29, 0.717) is 16.3 Å². The van der Waals surface area contributed by atoms with Gasteiger partial charge in [0.15, 0.2) is 0 Å². The molecule has 0 saturated carbocycles. The SMILES string of the molecule is Nc1cccnc1S(=O)Cc1ccc(Cl)cc1F. The molecule has 1 aromatic heterocycles. The van der Waals surface area contributed by atoms with Crippen LogP contribution in [0.4, 0.5) is 10.1 Å². The van der Waals surface area contributed by atoms with Crippen LogP contribution in [0.25, 0.3) is 0 Å². The van der Waals surface area contributed by atoms with Gasteiger partial charge in [0.05, 0.1) is 22.2 Å². The van der Waals surface area contributed by atoms with Gasteiger partial charge in [0.25, 0.3) is 0 Å². The summed E-state index contributed by atoms with van der Waals surface area (Å²) in [7, 11) is -1.48. The van der Waals surface area contributed by atoms with Crippen molar-refractivity contribution in [2.45, 2.75) is 10.8 Å². The minimum absolute atomic E-state index is 0.0181. The summed E-state index contributed by atoms with van der Waals surface area (Å²) in [4.78, 5) is 3.95. The lowest BCUT2D eigenvalue weighted by atomic mass is 10.2. The highest BCUT2D eigenvalue weighted by atomic mass is 35.5. The van der Waals surface area contributed by atoms with Crippen molar-refractivity contribution in [1.82, 2.24) is 4.98 Å². The van der Waals surface area contributed by atoms with Crippen molar-refractivity contribution in [2.75, 3.05) is 5.73 Å². The van der Waals surface area contributed by atoms with E-state index in [2.05, 4.69) is 4.98 Å². The first kappa shape index (κ1) is 13.0. The Morgan fingerprint density at radius 1 is 1.39 bits per heavy atom. The van der Waals surface area contributed by atoms with Gasteiger partial charge >= 0.3 is 0 Å². The fraction of sp³-hybridized carbons (Fsp3) is 0.0833. The number of benzene rings is 1. The molecule has 2 aromatic rings. The van der Waals surface area contributed by atoms with E-state index >= 15 is 0 Å². The van der Waals surface area contributed by atoms with E-state index in [0.717, 1.165) is 0 Å². The number of pyridine rings is 1. The van der Waals surface area contributed by atoms with Gasteiger partial charge in [0.2, 0.25) is 0 Å². The largest absolute Gasteiger partial charge is 0.396 e. The maximum atomic E-state index is 13.6. The number of nitrogen functional groups attached to an aromatic ring is 1. The monoisotopic (exact) mass is 284 g/mol. The second kappa shape index (κ2) is 5.46. The molecule has 0 aliphatic rings. The van der Waals surface area contributed by atoms with Gasteiger partial charge in [-0.05, 0) is 24.3 Å². The van der Waals surface area contributed by atoms with E-state index in [1.165, 1.54) is 18.3 Å². The lowest BCUT2D eigenvalue weighted by molar-refractivity contribution is 0.615. The molecule has 0 saturated heterocycles. The smallest absolute Gasteiger partial charge is 0.150 e. The van der Waals surface area contributed by atoms with Crippen molar-refractivity contribution in [3.63, 3.8) is 0 Å². The number of nitrogens with two attached hydrogens (primary N) is 1. The summed E-state index contributed by atoms with van der Waals surface area (Å²) in [5.41, 5.74) is 6.33. The van der Waals surface area contributed by atoms with Crippen LogP contribution in [0.3, 0.4) is 0 Å². The Morgan fingerprint density at radius 3 is 2.83 bits per heavy atom. The van der Waals surface area contributed by atoms with Crippen molar-refractivity contribution in [3.8, 4) is 0 Å². The van der Waals surface area contributed by atoms with Crippen LogP contribution < -0.4 is 5.73 Å². The fourth-order valence-electron chi connectivity index (χ4n) is 1.44. The van der Waals surface area contributed by atoms with E-state index in [1.807, 2.05) is 0 Å². The normalized spacial score (nSPS) is 12.3. The highest BCUT2D eigenvalue weighted by molar-refractivity contribution is 7.84. The molecule has 3 nitrogen and oxygen atoms in total. The summed E-state index contributed by atoms with van der Waals surface area (Å²) >= 11 is 5.65. The molecule has 6 heteroatoms. The number of halogens is 2. The van der Waals surface area contributed by atoms with Gasteiger partial charge in [0.1, 0.15) is 10.8 Å². The van der Waals surface area contributed by atoms with Gasteiger partial charge in [-0.2, -0.15) is 0 Å². The second-order valence-electron chi connectivity index (χ2n) is 3.62. The lowest BCUT2D eigenvalue weighted by Gasteiger charge is -2.05. The summed E-state index contributed by atoms with van der Waals surface area (Å²) in [5, 5.41) is 0.575. The third-order valence-corrected chi connectivity index (χ3v) is 3.90. The zero-order chi connectivity index (χ0) is 13.1. The molecular formula is C12H10ClFN2OS. The van der Waals surface area contributed by atoms with Gasteiger partial charge in [-0.15, -0.1) is 0 Å². The molecule has 0 bridgehead atoms. The van der Waals surface area contributed by atoms with Crippen LogP contribution in [0.5, 0.6) is 0 Å². The minimum atomic E-state index is -1.48. The maximum absolute atomic E-state index is 13.6. The van der Waals surface area contributed by atoms with Gasteiger partial charge in [-0.1, -0.05) is 17.7 Å². The predicted octanol–water partition coefficient (Wildman–Crippen LogP) is 2.76. The Morgan fingerprint density at radius 2 is 2.17 bits per heavy atom. The van der Waals surface area contributed by atoms with Crippen LogP contribution in [0.15, 0.2) is 41.6 Å². The first-order valence-corrected chi connectivity index (χ1v) is 6.80. The number of nitrogens with zero attached hydrogens (tertiary/aromatic N) is 1. The second-order valence-corrected chi connectivity index (χ2v) is 5.43. The summed E-state index contributed by atoms with van der Waals surface area (Å²) in [6, 6.07) is 7.51. The maximum Gasteiger partial charge on any atom is 0.150 e. The van der Waals surface area contributed by atoms with Crippen molar-refractivity contribution in [3.05, 3.63) is 52.9 Å². The summed E-state index contributed by atoms with van der Waals surface area (Å²) in [6.07, 6.45) is 1.50. The highest BCUT2D eigenvalue weighted by Crippen LogP contribution is 2.20. The van der Waals surface area contributed by atoms with Crippen LogP contribution >= 0.6 is 11.6 Å². The van der Waals surface area contributed by atoms with Gasteiger partial charge < -0.3 is 5.73 Å². The average molecular weight is 285 g/mol. The van der Waals surface area contributed by atoms with E-state index in [-0.39, 0.29) is 10.8 Å². The third kappa shape index (κ3) is 2.86. The van der Waals surface area contributed by atoms with E-state index in [1.54, 1.807) is 18.2 Å². The number of aromatic nitrogens is 1. The molecule has 0 amide bonds. The Balaban J connectivity index is 2.24. The number of anilines is 1. The molecule has 0 radical (unpaired) electrons. The quantitative estimate of drug-likeness (QED) is 0.943. The average Bonchev–Trinajstić information content (AvgIpc) is 2.33. The Kier molecular flexibility index (Phi) is 3.93. The molecule has 0 spiro atoms. The Labute approximate surface area is 111 Å². The highest BCUT2D eigenvalue weighted by Gasteiger charge is 2.12. The van der Waals surface area contributed by atoms with Crippen LogP contribution in [0, 0.1) is 5.82 Å². The third-order valence-electron chi connectivity index (χ3n) is 2.32. The molecule has 1 unspecified atom stereocenters. The van der Waals surface area contributed by atoms with Crippen LogP contribution in [-0.2, 0) is 16.6 Å². The minimum Gasteiger partial charge on any atom is -0.396 e. The number of hydrogen-bond donors (Lipinski definition) is 1. The molecule has 94 valence electrons. The molecule has 18 heavy (non-hydrogen) atoms. The summed E-state index contributed by atoms with van der Waals surface area (Å²) < 4.78 is 25.6. The molecule has 0 fully saturated rings. The standard InChI is InChI=1S/C12H10ClFN2OS/c13-9-4-3-8(10(14)6-9)7-18(17)12-11(15)2-1-5-16-12/h1-6H,7,15H2. The Hall–Kier alpha value is -1.46.